The number of hydrazine groups is 1. The first-order chi connectivity index (χ1) is 15.2. The van der Waals surface area contributed by atoms with Gasteiger partial charge in [-0.25, -0.2) is 0 Å². The van der Waals surface area contributed by atoms with Gasteiger partial charge in [0.15, 0.2) is 0 Å². The van der Waals surface area contributed by atoms with Crippen molar-refractivity contribution in [3.05, 3.63) is 48.5 Å². The van der Waals surface area contributed by atoms with Gasteiger partial charge in [0.25, 0.3) is 0 Å². The van der Waals surface area contributed by atoms with E-state index in [1.807, 2.05) is 12.1 Å². The first kappa shape index (κ1) is 29.4. The largest absolute Gasteiger partial charge is 0.274 e. The molecule has 0 atom stereocenters. The van der Waals surface area contributed by atoms with Crippen LogP contribution >= 0.6 is 27.6 Å². The maximum atomic E-state index is 6.82. The number of anilines is 2. The van der Waals surface area contributed by atoms with Crippen LogP contribution in [0.5, 0.6) is 0 Å². The molecule has 5 heteroatoms. The van der Waals surface area contributed by atoms with Gasteiger partial charge in [-0.1, -0.05) is 123 Å². The van der Waals surface area contributed by atoms with E-state index in [2.05, 4.69) is 132 Å². The van der Waals surface area contributed by atoms with E-state index in [0.717, 1.165) is 11.4 Å². The molecule has 190 valence electrons. The Hall–Kier alpha value is -0.810. The van der Waals surface area contributed by atoms with Crippen molar-refractivity contribution in [1.29, 1.82) is 0 Å². The van der Waals surface area contributed by atoms with Gasteiger partial charge in [-0.2, -0.15) is 4.53 Å². The lowest BCUT2D eigenvalue weighted by Crippen LogP contribution is -2.34. The third-order valence-electron chi connectivity index (χ3n) is 5.75. The highest BCUT2D eigenvalue weighted by atomic mass is 35.5. The van der Waals surface area contributed by atoms with E-state index in [9.17, 15) is 0 Å². The Balaban J connectivity index is 2.28. The molecule has 0 aliphatic carbocycles. The summed E-state index contributed by atoms with van der Waals surface area (Å²) in [6.07, 6.45) is 0. The number of rotatable bonds is 5. The van der Waals surface area contributed by atoms with E-state index in [1.165, 1.54) is 10.6 Å². The third-order valence-corrected chi connectivity index (χ3v) is 13.2. The Morgan fingerprint density at radius 3 is 1.03 bits per heavy atom. The summed E-state index contributed by atoms with van der Waals surface area (Å²) in [6.45, 7) is 28.3. The minimum absolute atomic E-state index is 0.244. The van der Waals surface area contributed by atoms with Crippen molar-refractivity contribution in [2.24, 2.45) is 0 Å². The molecule has 0 unspecified atom stereocenters. The predicted octanol–water partition coefficient (Wildman–Crippen LogP) is 9.11. The molecular weight excluding hydrogens is 474 g/mol. The van der Waals surface area contributed by atoms with E-state index in [4.69, 9.17) is 11.8 Å². The van der Waals surface area contributed by atoms with Crippen LogP contribution < -0.4 is 20.1 Å². The van der Waals surface area contributed by atoms with Crippen LogP contribution in [0.4, 0.5) is 11.4 Å². The summed E-state index contributed by atoms with van der Waals surface area (Å²) in [5.41, 5.74) is 2.05. The van der Waals surface area contributed by atoms with E-state index in [0.29, 0.717) is 0 Å². The SMILES string of the molecule is CN(c1ccc(P(C(C)(C)C)C(C)(C)C)cc1)N(Cl)c1ccc(P(C(C)(C)C)C(C)(C)C)cc1. The predicted molar refractivity (Wildman–Crippen MR) is 162 cm³/mol. The van der Waals surface area contributed by atoms with E-state index >= 15 is 0 Å². The van der Waals surface area contributed by atoms with Crippen LogP contribution in [0.25, 0.3) is 0 Å². The van der Waals surface area contributed by atoms with Gasteiger partial charge in [-0.3, -0.25) is 5.01 Å². The molecular formula is C29H47ClN2P2. The average molecular weight is 521 g/mol. The van der Waals surface area contributed by atoms with Crippen LogP contribution in [-0.4, -0.2) is 27.7 Å². The Kier molecular flexibility index (Phi) is 8.90. The van der Waals surface area contributed by atoms with Gasteiger partial charge in [0, 0.05) is 18.8 Å². The summed E-state index contributed by atoms with van der Waals surface area (Å²) >= 11 is 6.82. The summed E-state index contributed by atoms with van der Waals surface area (Å²) in [6, 6.07) is 17.8. The van der Waals surface area contributed by atoms with Gasteiger partial charge in [0.2, 0.25) is 0 Å². The second kappa shape index (κ2) is 10.3. The number of benzene rings is 2. The molecule has 0 saturated carbocycles. The number of hydrogen-bond acceptors (Lipinski definition) is 2. The topological polar surface area (TPSA) is 6.48 Å². The van der Waals surface area contributed by atoms with E-state index in [-0.39, 0.29) is 36.5 Å². The van der Waals surface area contributed by atoms with Crippen LogP contribution in [-0.2, 0) is 0 Å². The zero-order chi connectivity index (χ0) is 26.3. The molecule has 0 N–H and O–H groups in total. The Morgan fingerprint density at radius 1 is 0.500 bits per heavy atom. The Morgan fingerprint density at radius 2 is 0.765 bits per heavy atom. The third kappa shape index (κ3) is 7.12. The van der Waals surface area contributed by atoms with E-state index in [1.54, 1.807) is 4.53 Å². The van der Waals surface area contributed by atoms with Crippen LogP contribution in [0.15, 0.2) is 48.5 Å². The highest BCUT2D eigenvalue weighted by Crippen LogP contribution is 2.59. The van der Waals surface area contributed by atoms with Crippen LogP contribution in [0, 0.1) is 0 Å². The number of nitrogens with zero attached hydrogens (tertiary/aromatic N) is 2. The zero-order valence-electron chi connectivity index (χ0n) is 23.8. The van der Waals surface area contributed by atoms with Crippen molar-refractivity contribution >= 4 is 49.6 Å². The van der Waals surface area contributed by atoms with Crippen molar-refractivity contribution in [2.45, 2.75) is 104 Å². The molecule has 0 spiro atoms. The molecule has 34 heavy (non-hydrogen) atoms. The molecule has 2 aromatic rings. The highest BCUT2D eigenvalue weighted by Gasteiger charge is 2.36. The number of halogens is 1. The van der Waals surface area contributed by atoms with Gasteiger partial charge < -0.3 is 0 Å². The van der Waals surface area contributed by atoms with Gasteiger partial charge in [-0.15, -0.1) is 0 Å². The van der Waals surface area contributed by atoms with Gasteiger partial charge in [0.05, 0.1) is 11.4 Å². The molecule has 0 saturated heterocycles. The normalized spacial score (nSPS) is 13.5. The second-order valence-corrected chi connectivity index (χ2v) is 21.2. The van der Waals surface area contributed by atoms with Crippen LogP contribution in [0.1, 0.15) is 83.1 Å². The molecule has 0 amide bonds. The molecule has 0 aliphatic rings. The molecule has 0 fully saturated rings. The van der Waals surface area contributed by atoms with E-state index < -0.39 is 0 Å². The Labute approximate surface area is 218 Å². The summed E-state index contributed by atoms with van der Waals surface area (Å²) in [5.74, 6) is 0. The first-order valence-electron chi connectivity index (χ1n) is 12.2. The number of hydrogen-bond donors (Lipinski definition) is 0. The van der Waals surface area contributed by atoms with Crippen LogP contribution in [0.3, 0.4) is 0 Å². The van der Waals surface area contributed by atoms with Crippen molar-refractivity contribution in [3.63, 3.8) is 0 Å². The Bertz CT molecular complexity index is 820. The fourth-order valence-corrected chi connectivity index (χ4v) is 13.6. The smallest absolute Gasteiger partial charge is 0.0763 e. The monoisotopic (exact) mass is 520 g/mol. The minimum atomic E-state index is -0.332. The standard InChI is InChI=1S/C29H47ClN2P2/c1-26(2,3)33(27(4,5)6)24-18-14-22(15-19-24)31(13)32(30)23-16-20-25(21-17-23)34(28(7,8)9)29(10,11)12/h14-21H,1-13H3. The molecule has 2 aromatic carbocycles. The maximum Gasteiger partial charge on any atom is 0.0763 e. The average Bonchev–Trinajstić information content (AvgIpc) is 2.63. The quantitative estimate of drug-likeness (QED) is 0.220. The van der Waals surface area contributed by atoms with Crippen molar-refractivity contribution < 1.29 is 0 Å². The van der Waals surface area contributed by atoms with Gasteiger partial charge in [0.1, 0.15) is 0 Å². The lowest BCUT2D eigenvalue weighted by molar-refractivity contribution is 0.714. The van der Waals surface area contributed by atoms with Crippen LogP contribution in [0.2, 0.25) is 0 Å². The molecule has 0 heterocycles. The zero-order valence-corrected chi connectivity index (χ0v) is 26.3. The van der Waals surface area contributed by atoms with Crippen molar-refractivity contribution in [1.82, 2.24) is 0 Å². The molecule has 2 rings (SSSR count). The van der Waals surface area contributed by atoms with Gasteiger partial charge >= 0.3 is 0 Å². The lowest BCUT2D eigenvalue weighted by Gasteiger charge is -2.42. The summed E-state index contributed by atoms with van der Waals surface area (Å²) < 4.78 is 1.71. The summed E-state index contributed by atoms with van der Waals surface area (Å²) in [5, 5.41) is 5.86. The maximum absolute atomic E-state index is 6.82. The summed E-state index contributed by atoms with van der Waals surface area (Å²) in [7, 11) is 1.36. The second-order valence-electron chi connectivity index (χ2n) is 13.2. The van der Waals surface area contributed by atoms with Crippen molar-refractivity contribution in [2.75, 3.05) is 16.6 Å². The first-order valence-corrected chi connectivity index (χ1v) is 15.3. The highest BCUT2D eigenvalue weighted by molar-refractivity contribution is 7.68. The molecule has 0 radical (unpaired) electrons. The minimum Gasteiger partial charge on any atom is -0.274 e. The fraction of sp³-hybridized carbons (Fsp3) is 0.586. The molecule has 2 nitrogen and oxygen atoms in total. The molecule has 0 aromatic heterocycles. The molecule has 0 bridgehead atoms. The van der Waals surface area contributed by atoms with Crippen molar-refractivity contribution in [3.8, 4) is 0 Å². The van der Waals surface area contributed by atoms with Gasteiger partial charge in [-0.05, 0) is 55.5 Å². The fourth-order valence-electron chi connectivity index (χ4n) is 5.38. The summed E-state index contributed by atoms with van der Waals surface area (Å²) in [4.78, 5) is 0. The molecule has 0 aliphatic heterocycles. The lowest BCUT2D eigenvalue weighted by atomic mass is 10.2.